The number of piperazine rings is 1. The standard InChI is InChI=1S/C22H31F3N4O2/c1-31-16-10-21(30)26-18-7-5-17(6-8-18)9-11-28-12-14-29(15-13-28)20-4-2-3-19(27-20)22(23,24)25/h2-4,10,16-18H,5-9,11-15H2,1H3,(H,26,30)/t17-,18-. The molecule has 2 heterocycles. The summed E-state index contributed by atoms with van der Waals surface area (Å²) in [5.74, 6) is 0.944. The summed E-state index contributed by atoms with van der Waals surface area (Å²) < 4.78 is 43.4. The van der Waals surface area contributed by atoms with Crippen molar-refractivity contribution in [2.75, 3.05) is 44.7 Å². The number of nitrogens with one attached hydrogen (secondary N) is 1. The maximum absolute atomic E-state index is 12.9. The molecule has 1 aliphatic heterocycles. The van der Waals surface area contributed by atoms with Gasteiger partial charge in [0.15, 0.2) is 0 Å². The SMILES string of the molecule is COC=CC(=O)N[C@H]1CC[C@H](CCN2CCN(c3cccc(C(F)(F)F)n3)CC2)CC1. The molecule has 3 rings (SSSR count). The second-order valence-electron chi connectivity index (χ2n) is 8.26. The highest BCUT2D eigenvalue weighted by Crippen LogP contribution is 2.30. The van der Waals surface area contributed by atoms with E-state index in [0.717, 1.165) is 57.8 Å². The average Bonchev–Trinajstić information content (AvgIpc) is 2.77. The lowest BCUT2D eigenvalue weighted by molar-refractivity contribution is -0.141. The molecule has 0 radical (unpaired) electrons. The highest BCUT2D eigenvalue weighted by molar-refractivity contribution is 5.87. The maximum atomic E-state index is 12.9. The van der Waals surface area contributed by atoms with E-state index in [1.165, 1.54) is 25.5 Å². The number of rotatable bonds is 7. The van der Waals surface area contributed by atoms with Crippen molar-refractivity contribution in [3.05, 3.63) is 36.2 Å². The topological polar surface area (TPSA) is 57.7 Å². The number of hydrogen-bond acceptors (Lipinski definition) is 5. The molecule has 0 unspecified atom stereocenters. The molecule has 6 nitrogen and oxygen atoms in total. The van der Waals surface area contributed by atoms with Gasteiger partial charge in [-0.25, -0.2) is 4.98 Å². The molecule has 0 spiro atoms. The Balaban J connectivity index is 1.36. The molecule has 0 aromatic carbocycles. The minimum absolute atomic E-state index is 0.113. The molecule has 0 atom stereocenters. The maximum Gasteiger partial charge on any atom is 0.433 e. The molecule has 31 heavy (non-hydrogen) atoms. The molecule has 172 valence electrons. The molecule has 1 N–H and O–H groups in total. The van der Waals surface area contributed by atoms with Gasteiger partial charge in [0.05, 0.1) is 13.4 Å². The summed E-state index contributed by atoms with van der Waals surface area (Å²) >= 11 is 0. The zero-order chi connectivity index (χ0) is 22.3. The quantitative estimate of drug-likeness (QED) is 0.520. The normalized spacial score (nSPS) is 23.2. The van der Waals surface area contributed by atoms with Gasteiger partial charge in [-0.1, -0.05) is 6.07 Å². The fourth-order valence-electron chi connectivity index (χ4n) is 4.30. The van der Waals surface area contributed by atoms with Gasteiger partial charge in [0, 0.05) is 38.3 Å². The highest BCUT2D eigenvalue weighted by atomic mass is 19.4. The largest absolute Gasteiger partial charge is 0.504 e. The first kappa shape index (κ1) is 23.4. The van der Waals surface area contributed by atoms with Crippen molar-refractivity contribution in [3.63, 3.8) is 0 Å². The molecule has 0 bridgehead atoms. The van der Waals surface area contributed by atoms with Crippen LogP contribution in [0.5, 0.6) is 0 Å². The van der Waals surface area contributed by atoms with Gasteiger partial charge in [0.25, 0.3) is 0 Å². The van der Waals surface area contributed by atoms with Crippen LogP contribution in [0, 0.1) is 5.92 Å². The summed E-state index contributed by atoms with van der Waals surface area (Å²) in [6, 6.07) is 4.31. The van der Waals surface area contributed by atoms with Gasteiger partial charge >= 0.3 is 6.18 Å². The van der Waals surface area contributed by atoms with Crippen LogP contribution in [0.3, 0.4) is 0 Å². The van der Waals surface area contributed by atoms with Gasteiger partial charge in [-0.15, -0.1) is 0 Å². The third kappa shape index (κ3) is 7.12. The van der Waals surface area contributed by atoms with E-state index in [1.54, 1.807) is 6.07 Å². The lowest BCUT2D eigenvalue weighted by atomic mass is 9.84. The number of methoxy groups -OCH3 is 1. The Morgan fingerprint density at radius 1 is 1.19 bits per heavy atom. The molecule has 1 saturated heterocycles. The molecule has 1 amide bonds. The van der Waals surface area contributed by atoms with E-state index in [2.05, 4.69) is 15.2 Å². The van der Waals surface area contributed by atoms with Gasteiger partial charge in [0.1, 0.15) is 11.5 Å². The Morgan fingerprint density at radius 2 is 1.90 bits per heavy atom. The van der Waals surface area contributed by atoms with Crippen LogP contribution in [-0.2, 0) is 15.7 Å². The van der Waals surface area contributed by atoms with Crippen LogP contribution in [0.4, 0.5) is 19.0 Å². The monoisotopic (exact) mass is 440 g/mol. The van der Waals surface area contributed by atoms with Crippen molar-refractivity contribution in [3.8, 4) is 0 Å². The number of carbonyl (C=O) groups excluding carboxylic acids is 1. The number of halogens is 3. The van der Waals surface area contributed by atoms with Gasteiger partial charge in [-0.3, -0.25) is 9.69 Å². The number of pyridine rings is 1. The molecule has 2 fully saturated rings. The number of hydrogen-bond donors (Lipinski definition) is 1. The van der Waals surface area contributed by atoms with Crippen LogP contribution in [0.25, 0.3) is 0 Å². The molecular weight excluding hydrogens is 409 g/mol. The van der Waals surface area contributed by atoms with Crippen LogP contribution in [0.1, 0.15) is 37.8 Å². The second-order valence-corrected chi connectivity index (χ2v) is 8.26. The molecule has 1 aromatic rings. The van der Waals surface area contributed by atoms with Crippen molar-refractivity contribution >= 4 is 11.7 Å². The first-order valence-electron chi connectivity index (χ1n) is 10.9. The Labute approximate surface area is 181 Å². The van der Waals surface area contributed by atoms with Crippen LogP contribution in [0.15, 0.2) is 30.5 Å². The number of alkyl halides is 3. The van der Waals surface area contributed by atoms with Crippen LogP contribution >= 0.6 is 0 Å². The summed E-state index contributed by atoms with van der Waals surface area (Å²) in [5, 5.41) is 3.02. The van der Waals surface area contributed by atoms with Crippen molar-refractivity contribution in [2.24, 2.45) is 5.92 Å². The van der Waals surface area contributed by atoms with E-state index in [4.69, 9.17) is 4.74 Å². The third-order valence-corrected chi connectivity index (χ3v) is 6.12. The minimum atomic E-state index is -4.42. The van der Waals surface area contributed by atoms with Gasteiger partial charge in [0.2, 0.25) is 5.91 Å². The van der Waals surface area contributed by atoms with Crippen molar-refractivity contribution in [1.82, 2.24) is 15.2 Å². The Hall–Kier alpha value is -2.29. The number of nitrogens with zero attached hydrogens (tertiary/aromatic N) is 3. The molecule has 1 aliphatic carbocycles. The first-order valence-corrected chi connectivity index (χ1v) is 10.9. The fourth-order valence-corrected chi connectivity index (χ4v) is 4.30. The van der Waals surface area contributed by atoms with Crippen molar-refractivity contribution in [1.29, 1.82) is 0 Å². The Morgan fingerprint density at radius 3 is 2.55 bits per heavy atom. The highest BCUT2D eigenvalue weighted by Gasteiger charge is 2.33. The zero-order valence-corrected chi connectivity index (χ0v) is 17.9. The van der Waals surface area contributed by atoms with E-state index in [-0.39, 0.29) is 11.9 Å². The van der Waals surface area contributed by atoms with Crippen molar-refractivity contribution in [2.45, 2.75) is 44.3 Å². The van der Waals surface area contributed by atoms with Crippen LogP contribution in [0.2, 0.25) is 0 Å². The number of carbonyl (C=O) groups is 1. The summed E-state index contributed by atoms with van der Waals surface area (Å²) in [4.78, 5) is 19.8. The number of anilines is 1. The lowest BCUT2D eigenvalue weighted by Gasteiger charge is -2.37. The molecular formula is C22H31F3N4O2. The van der Waals surface area contributed by atoms with Crippen molar-refractivity contribution < 1.29 is 22.7 Å². The van der Waals surface area contributed by atoms with Crippen LogP contribution in [-0.4, -0.2) is 61.7 Å². The van der Waals surface area contributed by atoms with Gasteiger partial charge in [-0.05, 0) is 56.7 Å². The minimum Gasteiger partial charge on any atom is -0.504 e. The summed E-state index contributed by atoms with van der Waals surface area (Å²) in [7, 11) is 1.51. The lowest BCUT2D eigenvalue weighted by Crippen LogP contribution is -2.47. The number of amides is 1. The first-order chi connectivity index (χ1) is 14.8. The molecule has 1 saturated carbocycles. The summed E-state index contributed by atoms with van der Waals surface area (Å²) in [6.45, 7) is 4.02. The predicted octanol–water partition coefficient (Wildman–Crippen LogP) is 3.45. The van der Waals surface area contributed by atoms with E-state index in [1.807, 2.05) is 4.90 Å². The Bertz CT molecular complexity index is 741. The van der Waals surface area contributed by atoms with Crippen LogP contribution < -0.4 is 10.2 Å². The molecule has 9 heteroatoms. The predicted molar refractivity (Wildman–Crippen MR) is 113 cm³/mol. The zero-order valence-electron chi connectivity index (χ0n) is 17.9. The fraction of sp³-hybridized carbons (Fsp3) is 0.636. The third-order valence-electron chi connectivity index (χ3n) is 6.12. The smallest absolute Gasteiger partial charge is 0.433 e. The molecule has 2 aliphatic rings. The van der Waals surface area contributed by atoms with Gasteiger partial charge in [-0.2, -0.15) is 13.2 Å². The average molecular weight is 441 g/mol. The van der Waals surface area contributed by atoms with E-state index < -0.39 is 11.9 Å². The second kappa shape index (κ2) is 10.8. The summed E-state index contributed by atoms with van der Waals surface area (Å²) in [5.41, 5.74) is -0.839. The number of aromatic nitrogens is 1. The van der Waals surface area contributed by atoms with E-state index in [0.29, 0.717) is 24.8 Å². The summed E-state index contributed by atoms with van der Waals surface area (Å²) in [6.07, 6.45) is 3.68. The number of ether oxygens (including phenoxy) is 1. The Kier molecular flexibility index (Phi) is 8.17. The molecule has 1 aromatic heterocycles. The van der Waals surface area contributed by atoms with E-state index in [9.17, 15) is 18.0 Å². The van der Waals surface area contributed by atoms with Gasteiger partial charge < -0.3 is 15.0 Å². The van der Waals surface area contributed by atoms with E-state index >= 15 is 0 Å².